The second-order valence-corrected chi connectivity index (χ2v) is 4.84. The van der Waals surface area contributed by atoms with Crippen LogP contribution in [0.4, 0.5) is 8.78 Å². The predicted octanol–water partition coefficient (Wildman–Crippen LogP) is -1.04. The number of rotatable bonds is 2. The largest absolute Gasteiger partial charge is 0.390 e. The van der Waals surface area contributed by atoms with Crippen LogP contribution in [0.5, 0.6) is 0 Å². The highest BCUT2D eigenvalue weighted by molar-refractivity contribution is 7.71. The zero-order valence-corrected chi connectivity index (χ0v) is 11.1. The average Bonchev–Trinajstić information content (AvgIpc) is 2.66. The highest BCUT2D eigenvalue weighted by atomic mass is 32.1. The van der Waals surface area contributed by atoms with Gasteiger partial charge in [-0.15, -0.1) is 6.42 Å². The van der Waals surface area contributed by atoms with E-state index < -0.39 is 46.5 Å². The number of aliphatic hydroxyl groups is 3. The number of nitrogens with one attached hydrogen (secondary N) is 1. The third-order valence-electron chi connectivity index (χ3n) is 3.13. The maximum atomic E-state index is 14.1. The Balaban J connectivity index is 2.64. The van der Waals surface area contributed by atoms with Crippen molar-refractivity contribution in [3.05, 3.63) is 27.1 Å². The Morgan fingerprint density at radius 1 is 1.67 bits per heavy atom. The van der Waals surface area contributed by atoms with E-state index in [0.29, 0.717) is 10.8 Å². The highest BCUT2D eigenvalue weighted by Gasteiger charge is 2.64. The summed E-state index contributed by atoms with van der Waals surface area (Å²) in [5.41, 5.74) is -3.75. The van der Waals surface area contributed by atoms with Crippen molar-refractivity contribution >= 4 is 12.2 Å². The van der Waals surface area contributed by atoms with Gasteiger partial charge in [-0.3, -0.25) is 9.55 Å². The van der Waals surface area contributed by atoms with Crippen molar-refractivity contribution in [3.63, 3.8) is 0 Å². The molecule has 0 saturated carbocycles. The lowest BCUT2D eigenvalue weighted by molar-refractivity contribution is -0.207. The zero-order valence-electron chi connectivity index (χ0n) is 10.3. The summed E-state index contributed by atoms with van der Waals surface area (Å²) in [6, 6.07) is 0. The van der Waals surface area contributed by atoms with Gasteiger partial charge in [-0.25, -0.2) is 13.6 Å². The molecule has 2 rings (SSSR count). The third-order valence-corrected chi connectivity index (χ3v) is 3.43. The van der Waals surface area contributed by atoms with Crippen LogP contribution in [0.2, 0.25) is 0 Å². The molecule has 1 aromatic rings. The minimum Gasteiger partial charge on any atom is -0.390 e. The van der Waals surface area contributed by atoms with E-state index in [9.17, 15) is 23.8 Å². The molecule has 2 heterocycles. The van der Waals surface area contributed by atoms with Gasteiger partial charge in [-0.05, 0) is 0 Å². The molecule has 21 heavy (non-hydrogen) atoms. The SMILES string of the molecule is C#CC1(O)[C@@H](O)[C@@](F)(CO)O[C@H]1n1cc(F)c(=S)[nH]c1=O. The van der Waals surface area contributed by atoms with Crippen molar-refractivity contribution in [2.45, 2.75) is 23.8 Å². The van der Waals surface area contributed by atoms with Crippen LogP contribution in [0.1, 0.15) is 6.23 Å². The number of halogens is 2. The smallest absolute Gasteiger partial charge is 0.328 e. The first-order chi connectivity index (χ1) is 9.69. The number of nitrogens with zero attached hydrogens (tertiary/aromatic N) is 1. The molecule has 0 spiro atoms. The molecule has 1 aliphatic heterocycles. The standard InChI is InChI=1S/C11H10F2N2O5S/c1-2-10(19)7(17)11(13,4-16)20-8(10)15-3-5(12)6(21)14-9(15)18/h1,3,7-8,16-17,19H,4H2,(H,14,18,21)/t7-,8-,10?,11-/m1/s1. The van der Waals surface area contributed by atoms with E-state index in [4.69, 9.17) is 11.5 Å². The quantitative estimate of drug-likeness (QED) is 0.409. The zero-order chi connectivity index (χ0) is 16.0. The summed E-state index contributed by atoms with van der Waals surface area (Å²) < 4.78 is 32.2. The summed E-state index contributed by atoms with van der Waals surface area (Å²) in [7, 11) is 0. The molecule has 0 aromatic carbocycles. The Hall–Kier alpha value is -1.64. The van der Waals surface area contributed by atoms with Gasteiger partial charge in [0.15, 0.2) is 18.1 Å². The lowest BCUT2D eigenvalue weighted by Gasteiger charge is -2.26. The Bertz CT molecular complexity index is 729. The number of aromatic amines is 1. The number of terminal acetylenes is 1. The topological polar surface area (TPSA) is 108 Å². The second kappa shape index (κ2) is 4.97. The lowest BCUT2D eigenvalue weighted by atomic mass is 9.94. The monoisotopic (exact) mass is 320 g/mol. The van der Waals surface area contributed by atoms with E-state index in [-0.39, 0.29) is 0 Å². The van der Waals surface area contributed by atoms with Crippen molar-refractivity contribution in [3.8, 4) is 12.3 Å². The molecule has 4 atom stereocenters. The Labute approximate surface area is 121 Å². The van der Waals surface area contributed by atoms with Gasteiger partial charge in [0.1, 0.15) is 11.2 Å². The van der Waals surface area contributed by atoms with Crippen LogP contribution in [-0.4, -0.2) is 49.0 Å². The van der Waals surface area contributed by atoms with E-state index in [0.717, 1.165) is 0 Å². The molecule has 1 aromatic heterocycles. The molecule has 7 nitrogen and oxygen atoms in total. The molecule has 0 radical (unpaired) electrons. The minimum atomic E-state index is -3.12. The van der Waals surface area contributed by atoms with Gasteiger partial charge in [0, 0.05) is 0 Å². The van der Waals surface area contributed by atoms with Crippen molar-refractivity contribution in [2.24, 2.45) is 0 Å². The highest BCUT2D eigenvalue weighted by Crippen LogP contribution is 2.44. The van der Waals surface area contributed by atoms with Crippen LogP contribution < -0.4 is 5.69 Å². The van der Waals surface area contributed by atoms with Crippen molar-refractivity contribution in [1.29, 1.82) is 0 Å². The first kappa shape index (κ1) is 15.7. The van der Waals surface area contributed by atoms with E-state index in [1.54, 1.807) is 5.92 Å². The van der Waals surface area contributed by atoms with Gasteiger partial charge in [-0.1, -0.05) is 18.1 Å². The van der Waals surface area contributed by atoms with E-state index in [2.05, 4.69) is 17.0 Å². The van der Waals surface area contributed by atoms with Crippen LogP contribution in [-0.2, 0) is 4.74 Å². The Kier molecular flexibility index (Phi) is 3.73. The van der Waals surface area contributed by atoms with Crippen LogP contribution in [0, 0.1) is 22.8 Å². The van der Waals surface area contributed by atoms with Crippen molar-refractivity contribution in [1.82, 2.24) is 9.55 Å². The maximum Gasteiger partial charge on any atom is 0.328 e. The fourth-order valence-electron chi connectivity index (χ4n) is 1.98. The van der Waals surface area contributed by atoms with E-state index in [1.807, 2.05) is 4.98 Å². The van der Waals surface area contributed by atoms with Gasteiger partial charge >= 0.3 is 5.69 Å². The molecule has 10 heteroatoms. The molecule has 1 aliphatic rings. The first-order valence-corrected chi connectivity index (χ1v) is 5.97. The number of ether oxygens (including phenoxy) is 1. The average molecular weight is 320 g/mol. The van der Waals surface area contributed by atoms with E-state index in [1.165, 1.54) is 0 Å². The van der Waals surface area contributed by atoms with E-state index >= 15 is 0 Å². The number of hydrogen-bond acceptors (Lipinski definition) is 6. The number of aliphatic hydroxyl groups excluding tert-OH is 2. The third kappa shape index (κ3) is 2.19. The maximum absolute atomic E-state index is 14.1. The van der Waals surface area contributed by atoms with Gasteiger partial charge in [0.2, 0.25) is 5.60 Å². The summed E-state index contributed by atoms with van der Waals surface area (Å²) in [5, 5.41) is 28.8. The fraction of sp³-hybridized carbons (Fsp3) is 0.455. The normalized spacial score (nSPS) is 35.6. The molecule has 1 fully saturated rings. The summed E-state index contributed by atoms with van der Waals surface area (Å²) in [5.74, 6) is -2.47. The molecule has 0 bridgehead atoms. The number of aromatic nitrogens is 2. The van der Waals surface area contributed by atoms with Crippen LogP contribution >= 0.6 is 12.2 Å². The summed E-state index contributed by atoms with van der Waals surface area (Å²) in [6.07, 6.45) is 1.27. The van der Waals surface area contributed by atoms with Crippen molar-refractivity contribution in [2.75, 3.05) is 6.61 Å². The second-order valence-electron chi connectivity index (χ2n) is 4.43. The van der Waals surface area contributed by atoms with Gasteiger partial charge in [-0.2, -0.15) is 0 Å². The molecule has 1 saturated heterocycles. The minimum absolute atomic E-state index is 0.408. The molecule has 0 amide bonds. The predicted molar refractivity (Wildman–Crippen MR) is 66.7 cm³/mol. The number of alkyl halides is 1. The van der Waals surface area contributed by atoms with Crippen LogP contribution in [0.3, 0.4) is 0 Å². The molecular weight excluding hydrogens is 310 g/mol. The summed E-state index contributed by atoms with van der Waals surface area (Å²) >= 11 is 4.50. The van der Waals surface area contributed by atoms with Crippen molar-refractivity contribution < 1.29 is 28.8 Å². The molecule has 4 N–H and O–H groups in total. The lowest BCUT2D eigenvalue weighted by Crippen LogP contribution is -2.50. The van der Waals surface area contributed by atoms with Gasteiger partial charge in [0.05, 0.1) is 6.20 Å². The number of hydrogen-bond donors (Lipinski definition) is 4. The van der Waals surface area contributed by atoms with Gasteiger partial charge < -0.3 is 20.1 Å². The molecular formula is C11H10F2N2O5S. The fourth-order valence-corrected chi connectivity index (χ4v) is 2.12. The Morgan fingerprint density at radius 3 is 2.81 bits per heavy atom. The molecule has 114 valence electrons. The van der Waals surface area contributed by atoms with Crippen LogP contribution in [0.15, 0.2) is 11.0 Å². The summed E-state index contributed by atoms with van der Waals surface area (Å²) in [4.78, 5) is 13.7. The van der Waals surface area contributed by atoms with Crippen LogP contribution in [0.25, 0.3) is 0 Å². The Morgan fingerprint density at radius 2 is 2.29 bits per heavy atom. The molecule has 0 aliphatic carbocycles. The first-order valence-electron chi connectivity index (χ1n) is 5.56. The van der Waals surface area contributed by atoms with Gasteiger partial charge in [0.25, 0.3) is 5.85 Å². The summed E-state index contributed by atoms with van der Waals surface area (Å²) in [6.45, 7) is -1.34. The molecule has 1 unspecified atom stereocenters. The number of H-pyrrole nitrogens is 1.